The zero-order valence-corrected chi connectivity index (χ0v) is 21.2. The molecule has 1 atom stereocenters. The Kier molecular flexibility index (Phi) is 7.92. The highest BCUT2D eigenvalue weighted by molar-refractivity contribution is 5.95. The van der Waals surface area contributed by atoms with Crippen molar-refractivity contribution in [3.63, 3.8) is 0 Å². The number of hydrogen-bond donors (Lipinski definition) is 1. The highest BCUT2D eigenvalue weighted by Gasteiger charge is 2.29. The van der Waals surface area contributed by atoms with E-state index in [1.54, 1.807) is 4.90 Å². The van der Waals surface area contributed by atoms with Crippen molar-refractivity contribution in [1.82, 2.24) is 14.7 Å². The van der Waals surface area contributed by atoms with Gasteiger partial charge in [0.15, 0.2) is 0 Å². The van der Waals surface area contributed by atoms with Crippen LogP contribution in [0.5, 0.6) is 0 Å². The van der Waals surface area contributed by atoms with Gasteiger partial charge in [-0.2, -0.15) is 5.10 Å². The molecule has 1 aromatic heterocycles. The van der Waals surface area contributed by atoms with E-state index in [4.69, 9.17) is 5.10 Å². The zero-order valence-electron chi connectivity index (χ0n) is 21.2. The number of nitrogens with one attached hydrogen (secondary N) is 1. The first-order valence-electron chi connectivity index (χ1n) is 11.5. The summed E-state index contributed by atoms with van der Waals surface area (Å²) in [7, 11) is 0. The van der Waals surface area contributed by atoms with E-state index in [-0.39, 0.29) is 41.3 Å². The Morgan fingerprint density at radius 1 is 1.06 bits per heavy atom. The maximum Gasteiger partial charge on any atom is 0.245 e. The van der Waals surface area contributed by atoms with Crippen LogP contribution < -0.4 is 5.32 Å². The average Bonchev–Trinajstić information content (AvgIpc) is 3.12. The van der Waals surface area contributed by atoms with E-state index in [1.807, 2.05) is 61.9 Å². The van der Waals surface area contributed by atoms with Gasteiger partial charge in [0.05, 0.1) is 17.2 Å². The lowest BCUT2D eigenvalue weighted by atomic mass is 9.92. The number of nitrogens with zero attached hydrogens (tertiary/aromatic N) is 3. The summed E-state index contributed by atoms with van der Waals surface area (Å²) >= 11 is 0. The monoisotopic (exact) mass is 440 g/mol. The summed E-state index contributed by atoms with van der Waals surface area (Å²) in [6.45, 7) is 18.3. The molecule has 0 saturated heterocycles. The van der Waals surface area contributed by atoms with Crippen molar-refractivity contribution in [2.75, 3.05) is 11.9 Å². The molecule has 0 saturated carbocycles. The fraction of sp³-hybridized carbons (Fsp3) is 0.577. The minimum Gasteiger partial charge on any atom is -0.330 e. The molecule has 1 aromatic carbocycles. The highest BCUT2D eigenvalue weighted by atomic mass is 16.2. The average molecular weight is 441 g/mol. The third-order valence-corrected chi connectivity index (χ3v) is 5.51. The number of carbonyl (C=O) groups excluding carboxylic acids is 2. The van der Waals surface area contributed by atoms with E-state index in [1.165, 1.54) is 0 Å². The van der Waals surface area contributed by atoms with Crippen molar-refractivity contribution >= 4 is 17.6 Å². The summed E-state index contributed by atoms with van der Waals surface area (Å²) in [6, 6.07) is 11.6. The summed E-state index contributed by atoms with van der Waals surface area (Å²) in [5.41, 5.74) is 1.46. The van der Waals surface area contributed by atoms with Gasteiger partial charge in [0.2, 0.25) is 11.8 Å². The van der Waals surface area contributed by atoms with E-state index in [9.17, 15) is 9.59 Å². The fourth-order valence-corrected chi connectivity index (χ4v) is 3.64. The summed E-state index contributed by atoms with van der Waals surface area (Å²) in [5.74, 6) is 0.141. The van der Waals surface area contributed by atoms with Crippen LogP contribution >= 0.6 is 0 Å². The lowest BCUT2D eigenvalue weighted by Crippen LogP contribution is -2.44. The second kappa shape index (κ2) is 9.88. The third kappa shape index (κ3) is 6.21. The Bertz CT molecular complexity index is 918. The molecule has 6 nitrogen and oxygen atoms in total. The number of benzene rings is 1. The first-order valence-corrected chi connectivity index (χ1v) is 11.5. The lowest BCUT2D eigenvalue weighted by molar-refractivity contribution is -0.137. The maximum atomic E-state index is 13.4. The van der Waals surface area contributed by atoms with Crippen molar-refractivity contribution in [2.24, 2.45) is 0 Å². The molecule has 2 amide bonds. The standard InChI is InChI=1S/C26H40N4O2/c1-10-20(19-14-12-11-13-15-19)24(32)29(18(2)3)17-23(31)27-22-16-21(25(4,5)6)28-30(22)26(7,8)9/h11-16,18,20H,10,17H2,1-9H3,(H,27,31). The van der Waals surface area contributed by atoms with E-state index in [0.717, 1.165) is 11.3 Å². The molecule has 2 rings (SSSR count). The first-order chi connectivity index (χ1) is 14.8. The number of carbonyl (C=O) groups is 2. The van der Waals surface area contributed by atoms with Crippen LogP contribution in [0.3, 0.4) is 0 Å². The van der Waals surface area contributed by atoms with Crippen molar-refractivity contribution in [3.05, 3.63) is 47.7 Å². The Balaban J connectivity index is 2.26. The highest BCUT2D eigenvalue weighted by Crippen LogP contribution is 2.28. The van der Waals surface area contributed by atoms with Crippen LogP contribution in [0.25, 0.3) is 0 Å². The predicted octanol–water partition coefficient (Wildman–Crippen LogP) is 5.30. The van der Waals surface area contributed by atoms with Crippen LogP contribution in [0.4, 0.5) is 5.82 Å². The largest absolute Gasteiger partial charge is 0.330 e. The quantitative estimate of drug-likeness (QED) is 0.635. The molecule has 0 bridgehead atoms. The number of hydrogen-bond acceptors (Lipinski definition) is 3. The fourth-order valence-electron chi connectivity index (χ4n) is 3.64. The number of amides is 2. The minimum atomic E-state index is -0.291. The van der Waals surface area contributed by atoms with Crippen LogP contribution in [0.15, 0.2) is 36.4 Å². The molecule has 2 aromatic rings. The zero-order chi connectivity index (χ0) is 24.3. The number of anilines is 1. The second-order valence-corrected chi connectivity index (χ2v) is 10.7. The maximum absolute atomic E-state index is 13.4. The van der Waals surface area contributed by atoms with Gasteiger partial charge >= 0.3 is 0 Å². The van der Waals surface area contributed by atoms with Crippen molar-refractivity contribution < 1.29 is 9.59 Å². The van der Waals surface area contributed by atoms with Gasteiger partial charge in [-0.25, -0.2) is 4.68 Å². The Labute approximate surface area is 193 Å². The van der Waals surface area contributed by atoms with Gasteiger partial charge in [-0.1, -0.05) is 58.0 Å². The minimum absolute atomic E-state index is 0.00000756. The molecule has 0 radical (unpaired) electrons. The Morgan fingerprint density at radius 2 is 1.66 bits per heavy atom. The molecule has 1 heterocycles. The second-order valence-electron chi connectivity index (χ2n) is 10.7. The summed E-state index contributed by atoms with van der Waals surface area (Å²) in [4.78, 5) is 28.1. The van der Waals surface area contributed by atoms with Crippen molar-refractivity contribution in [2.45, 2.75) is 91.6 Å². The Morgan fingerprint density at radius 3 is 2.12 bits per heavy atom. The van der Waals surface area contributed by atoms with Crippen LogP contribution in [0, 0.1) is 0 Å². The smallest absolute Gasteiger partial charge is 0.245 e. The number of rotatable bonds is 7. The van der Waals surface area contributed by atoms with E-state index in [2.05, 4.69) is 46.9 Å². The van der Waals surface area contributed by atoms with Gasteiger partial charge in [-0.05, 0) is 46.6 Å². The molecule has 32 heavy (non-hydrogen) atoms. The molecular weight excluding hydrogens is 400 g/mol. The van der Waals surface area contributed by atoms with Crippen molar-refractivity contribution in [3.8, 4) is 0 Å². The summed E-state index contributed by atoms with van der Waals surface area (Å²) in [6.07, 6.45) is 0.680. The van der Waals surface area contributed by atoms with Crippen LogP contribution in [0.2, 0.25) is 0 Å². The van der Waals surface area contributed by atoms with Crippen LogP contribution in [-0.2, 0) is 20.5 Å². The van der Waals surface area contributed by atoms with E-state index in [0.29, 0.717) is 12.2 Å². The van der Waals surface area contributed by atoms with Gasteiger partial charge in [0, 0.05) is 17.5 Å². The molecule has 0 fully saturated rings. The molecule has 0 aliphatic rings. The predicted molar refractivity (Wildman–Crippen MR) is 131 cm³/mol. The first kappa shape index (κ1) is 25.6. The topological polar surface area (TPSA) is 67.2 Å². The third-order valence-electron chi connectivity index (χ3n) is 5.51. The van der Waals surface area contributed by atoms with Gasteiger partial charge in [-0.3, -0.25) is 9.59 Å². The molecule has 0 aliphatic heterocycles. The molecular formula is C26H40N4O2. The van der Waals surface area contributed by atoms with Crippen LogP contribution in [0.1, 0.15) is 85.9 Å². The number of aromatic nitrogens is 2. The lowest BCUT2D eigenvalue weighted by Gasteiger charge is -2.30. The molecule has 0 aliphatic carbocycles. The van der Waals surface area contributed by atoms with Crippen LogP contribution in [-0.4, -0.2) is 39.1 Å². The summed E-state index contributed by atoms with van der Waals surface area (Å²) < 4.78 is 1.85. The molecule has 0 spiro atoms. The van der Waals surface area contributed by atoms with Gasteiger partial charge < -0.3 is 10.2 Å². The molecule has 1 N–H and O–H groups in total. The Hall–Kier alpha value is -2.63. The normalized spacial score (nSPS) is 13.2. The molecule has 1 unspecified atom stereocenters. The molecule has 6 heteroatoms. The van der Waals surface area contributed by atoms with E-state index >= 15 is 0 Å². The van der Waals surface area contributed by atoms with E-state index < -0.39 is 0 Å². The molecule has 176 valence electrons. The van der Waals surface area contributed by atoms with Gasteiger partial charge in [0.1, 0.15) is 12.4 Å². The van der Waals surface area contributed by atoms with Gasteiger partial charge in [-0.15, -0.1) is 0 Å². The SMILES string of the molecule is CCC(C(=O)N(CC(=O)Nc1cc(C(C)(C)C)nn1C(C)(C)C)C(C)C)c1ccccc1. The summed E-state index contributed by atoms with van der Waals surface area (Å²) in [5, 5.41) is 7.77. The van der Waals surface area contributed by atoms with Gasteiger partial charge in [0.25, 0.3) is 0 Å². The van der Waals surface area contributed by atoms with Crippen molar-refractivity contribution in [1.29, 1.82) is 0 Å².